The van der Waals surface area contributed by atoms with Crippen molar-refractivity contribution in [3.05, 3.63) is 65.0 Å². The van der Waals surface area contributed by atoms with E-state index < -0.39 is 11.6 Å². The average Bonchev–Trinajstić information content (AvgIpc) is 3.13. The van der Waals surface area contributed by atoms with Gasteiger partial charge < -0.3 is 4.74 Å². The van der Waals surface area contributed by atoms with E-state index in [9.17, 15) is 8.78 Å². The number of anilines is 1. The molecule has 0 aliphatic carbocycles. The lowest BCUT2D eigenvalue weighted by Gasteiger charge is -2.11. The minimum Gasteiger partial charge on any atom is -0.490 e. The molecular formula is C21H21F2N3OS. The highest BCUT2D eigenvalue weighted by Crippen LogP contribution is 2.26. The third kappa shape index (κ3) is 5.36. The summed E-state index contributed by atoms with van der Waals surface area (Å²) in [4.78, 5) is 4.45. The Labute approximate surface area is 166 Å². The molecule has 0 saturated carbocycles. The number of halogens is 2. The molecule has 3 rings (SSSR count). The van der Waals surface area contributed by atoms with Crippen LogP contribution in [0.15, 0.2) is 52.9 Å². The van der Waals surface area contributed by atoms with Crippen molar-refractivity contribution in [3.63, 3.8) is 0 Å². The summed E-state index contributed by atoms with van der Waals surface area (Å²) in [5.74, 6) is -1.01. The zero-order valence-corrected chi connectivity index (χ0v) is 16.5. The van der Waals surface area contributed by atoms with Crippen molar-refractivity contribution >= 4 is 22.7 Å². The van der Waals surface area contributed by atoms with Gasteiger partial charge in [-0.25, -0.2) is 13.8 Å². The Morgan fingerprint density at radius 3 is 2.75 bits per heavy atom. The van der Waals surface area contributed by atoms with Crippen molar-refractivity contribution in [2.24, 2.45) is 11.0 Å². The van der Waals surface area contributed by atoms with E-state index in [1.807, 2.05) is 49.6 Å². The molecular weight excluding hydrogens is 380 g/mol. The maximum Gasteiger partial charge on any atom is 0.203 e. The SMILES string of the molecule is CC(C)CCOc1c(F)cc(F)cc1C=NNc1nc(-c2ccccc2)cs1. The largest absolute Gasteiger partial charge is 0.490 e. The minimum atomic E-state index is -0.745. The fourth-order valence-electron chi connectivity index (χ4n) is 2.45. The van der Waals surface area contributed by atoms with Gasteiger partial charge in [0, 0.05) is 22.6 Å². The molecule has 4 nitrogen and oxygen atoms in total. The number of thiazole rings is 1. The predicted octanol–water partition coefficient (Wildman–Crippen LogP) is 5.96. The maximum atomic E-state index is 14.1. The molecule has 0 spiro atoms. The van der Waals surface area contributed by atoms with Crippen LogP contribution in [-0.2, 0) is 0 Å². The van der Waals surface area contributed by atoms with E-state index in [1.165, 1.54) is 23.6 Å². The molecule has 146 valence electrons. The number of hydrazone groups is 1. The van der Waals surface area contributed by atoms with E-state index in [2.05, 4.69) is 15.5 Å². The van der Waals surface area contributed by atoms with Gasteiger partial charge in [0.2, 0.25) is 5.13 Å². The van der Waals surface area contributed by atoms with Gasteiger partial charge in [-0.2, -0.15) is 5.10 Å². The summed E-state index contributed by atoms with van der Waals surface area (Å²) in [5, 5.41) is 6.55. The topological polar surface area (TPSA) is 46.5 Å². The third-order valence-electron chi connectivity index (χ3n) is 3.92. The van der Waals surface area contributed by atoms with E-state index >= 15 is 0 Å². The Bertz CT molecular complexity index is 942. The van der Waals surface area contributed by atoms with Crippen LogP contribution < -0.4 is 10.2 Å². The van der Waals surface area contributed by atoms with Crippen molar-refractivity contribution in [2.45, 2.75) is 20.3 Å². The quantitative estimate of drug-likeness (QED) is 0.374. The Morgan fingerprint density at radius 2 is 2.00 bits per heavy atom. The van der Waals surface area contributed by atoms with Crippen LogP contribution in [0.4, 0.5) is 13.9 Å². The Balaban J connectivity index is 1.71. The summed E-state index contributed by atoms with van der Waals surface area (Å²) in [6.45, 7) is 4.45. The zero-order valence-electron chi connectivity index (χ0n) is 15.7. The van der Waals surface area contributed by atoms with Gasteiger partial charge in [0.15, 0.2) is 11.6 Å². The normalized spacial score (nSPS) is 11.3. The second kappa shape index (κ2) is 9.41. The van der Waals surface area contributed by atoms with Gasteiger partial charge in [0.25, 0.3) is 0 Å². The van der Waals surface area contributed by atoms with Crippen molar-refractivity contribution < 1.29 is 13.5 Å². The van der Waals surface area contributed by atoms with Crippen LogP contribution in [0.3, 0.4) is 0 Å². The highest BCUT2D eigenvalue weighted by molar-refractivity contribution is 7.14. The molecule has 0 aliphatic rings. The Hall–Kier alpha value is -2.80. The standard InChI is InChI=1S/C21H21F2N3OS/c1-14(2)8-9-27-20-16(10-17(22)11-18(20)23)12-24-26-21-25-19(13-28-21)15-6-4-3-5-7-15/h3-7,10-14H,8-9H2,1-2H3,(H,25,26). The molecule has 0 saturated heterocycles. The number of nitrogens with zero attached hydrogens (tertiary/aromatic N) is 2. The summed E-state index contributed by atoms with van der Waals surface area (Å²) in [5.41, 5.74) is 4.87. The van der Waals surface area contributed by atoms with Crippen LogP contribution >= 0.6 is 11.3 Å². The van der Waals surface area contributed by atoms with Crippen LogP contribution in [0.25, 0.3) is 11.3 Å². The lowest BCUT2D eigenvalue weighted by atomic mass is 10.1. The second-order valence-corrected chi connectivity index (χ2v) is 7.47. The zero-order chi connectivity index (χ0) is 19.9. The number of hydrogen-bond donors (Lipinski definition) is 1. The van der Waals surface area contributed by atoms with Gasteiger partial charge in [-0.1, -0.05) is 44.2 Å². The molecule has 1 aromatic heterocycles. The summed E-state index contributed by atoms with van der Waals surface area (Å²) in [6, 6.07) is 11.8. The summed E-state index contributed by atoms with van der Waals surface area (Å²) < 4.78 is 33.3. The van der Waals surface area contributed by atoms with Gasteiger partial charge in [-0.05, 0) is 18.4 Å². The monoisotopic (exact) mass is 401 g/mol. The van der Waals surface area contributed by atoms with Crippen LogP contribution in [-0.4, -0.2) is 17.8 Å². The summed E-state index contributed by atoms with van der Waals surface area (Å²) in [7, 11) is 0. The first-order valence-electron chi connectivity index (χ1n) is 8.95. The third-order valence-corrected chi connectivity index (χ3v) is 4.66. The lowest BCUT2D eigenvalue weighted by Crippen LogP contribution is -2.06. The van der Waals surface area contributed by atoms with Crippen molar-refractivity contribution in [2.75, 3.05) is 12.0 Å². The molecule has 0 unspecified atom stereocenters. The summed E-state index contributed by atoms with van der Waals surface area (Å²) >= 11 is 1.39. The molecule has 0 aliphatic heterocycles. The van der Waals surface area contributed by atoms with Gasteiger partial charge in [-0.3, -0.25) is 5.43 Å². The molecule has 0 amide bonds. The van der Waals surface area contributed by atoms with Crippen LogP contribution in [0, 0.1) is 17.6 Å². The number of rotatable bonds is 8. The molecule has 7 heteroatoms. The number of hydrogen-bond acceptors (Lipinski definition) is 5. The molecule has 28 heavy (non-hydrogen) atoms. The highest BCUT2D eigenvalue weighted by atomic mass is 32.1. The molecule has 2 aromatic carbocycles. The molecule has 1 N–H and O–H groups in total. The molecule has 3 aromatic rings. The number of aromatic nitrogens is 1. The fourth-order valence-corrected chi connectivity index (χ4v) is 3.12. The van der Waals surface area contributed by atoms with Gasteiger partial charge in [0.1, 0.15) is 5.82 Å². The lowest BCUT2D eigenvalue weighted by molar-refractivity contribution is 0.275. The molecule has 0 fully saturated rings. The van der Waals surface area contributed by atoms with Crippen LogP contribution in [0.2, 0.25) is 0 Å². The predicted molar refractivity (Wildman–Crippen MR) is 110 cm³/mol. The van der Waals surface area contributed by atoms with Crippen molar-refractivity contribution in [3.8, 4) is 17.0 Å². The van der Waals surface area contributed by atoms with E-state index in [1.54, 1.807) is 0 Å². The van der Waals surface area contributed by atoms with Crippen molar-refractivity contribution in [1.82, 2.24) is 4.98 Å². The molecule has 0 bridgehead atoms. The summed E-state index contributed by atoms with van der Waals surface area (Å²) in [6.07, 6.45) is 2.10. The molecule has 0 radical (unpaired) electrons. The van der Waals surface area contributed by atoms with Gasteiger partial charge in [0.05, 0.1) is 18.5 Å². The Kier molecular flexibility index (Phi) is 6.71. The number of nitrogens with one attached hydrogen (secondary N) is 1. The number of ether oxygens (including phenoxy) is 1. The van der Waals surface area contributed by atoms with E-state index in [4.69, 9.17) is 4.74 Å². The average molecular weight is 401 g/mol. The first-order chi connectivity index (χ1) is 13.5. The van der Waals surface area contributed by atoms with Crippen LogP contribution in [0.5, 0.6) is 5.75 Å². The second-order valence-electron chi connectivity index (χ2n) is 6.61. The first kappa shape index (κ1) is 19.9. The van der Waals surface area contributed by atoms with Crippen molar-refractivity contribution in [1.29, 1.82) is 0 Å². The van der Waals surface area contributed by atoms with E-state index in [-0.39, 0.29) is 11.3 Å². The van der Waals surface area contributed by atoms with Crippen LogP contribution in [0.1, 0.15) is 25.8 Å². The Morgan fingerprint density at radius 1 is 1.21 bits per heavy atom. The molecule has 1 heterocycles. The first-order valence-corrected chi connectivity index (χ1v) is 9.82. The highest BCUT2D eigenvalue weighted by Gasteiger charge is 2.12. The maximum absolute atomic E-state index is 14.1. The van der Waals surface area contributed by atoms with Gasteiger partial charge in [-0.15, -0.1) is 11.3 Å². The van der Waals surface area contributed by atoms with Gasteiger partial charge >= 0.3 is 0 Å². The number of benzene rings is 2. The van der Waals surface area contributed by atoms with E-state index in [0.717, 1.165) is 23.7 Å². The smallest absolute Gasteiger partial charge is 0.203 e. The minimum absolute atomic E-state index is 0.00304. The fraction of sp³-hybridized carbons (Fsp3) is 0.238. The molecule has 0 atom stereocenters. The van der Waals surface area contributed by atoms with E-state index in [0.29, 0.717) is 17.7 Å².